The summed E-state index contributed by atoms with van der Waals surface area (Å²) in [6.45, 7) is 6.28. The molecular weight excluding hydrogens is 400 g/mol. The number of ether oxygens (including phenoxy) is 1. The van der Waals surface area contributed by atoms with Crippen molar-refractivity contribution in [2.24, 2.45) is 0 Å². The zero-order valence-electron chi connectivity index (χ0n) is 18.8. The van der Waals surface area contributed by atoms with Gasteiger partial charge in [0.05, 0.1) is 17.9 Å². The second-order valence-electron chi connectivity index (χ2n) is 7.78. The lowest BCUT2D eigenvalue weighted by Crippen LogP contribution is -2.34. The molecule has 0 bridgehead atoms. The van der Waals surface area contributed by atoms with Gasteiger partial charge in [-0.15, -0.1) is 0 Å². The van der Waals surface area contributed by atoms with Gasteiger partial charge < -0.3 is 9.64 Å². The van der Waals surface area contributed by atoms with Gasteiger partial charge in [-0.25, -0.2) is 4.90 Å². The number of para-hydroxylation sites is 3. The highest BCUT2D eigenvalue weighted by Crippen LogP contribution is 2.40. The number of benzene rings is 3. The summed E-state index contributed by atoms with van der Waals surface area (Å²) in [7, 11) is 1.82. The normalized spacial score (nSPS) is 13.7. The molecule has 5 heteroatoms. The minimum Gasteiger partial charge on any atom is -0.492 e. The molecule has 0 unspecified atom stereocenters. The summed E-state index contributed by atoms with van der Waals surface area (Å²) in [5.74, 6) is -0.226. The van der Waals surface area contributed by atoms with Gasteiger partial charge in [0.15, 0.2) is 0 Å². The van der Waals surface area contributed by atoms with Crippen LogP contribution < -0.4 is 14.5 Å². The van der Waals surface area contributed by atoms with Crippen molar-refractivity contribution in [2.45, 2.75) is 20.8 Å². The summed E-state index contributed by atoms with van der Waals surface area (Å²) in [5.41, 5.74) is 4.81. The zero-order chi connectivity index (χ0) is 22.8. The molecular formula is C27H26N2O3. The van der Waals surface area contributed by atoms with Crippen LogP contribution in [0.3, 0.4) is 0 Å². The van der Waals surface area contributed by atoms with Crippen molar-refractivity contribution in [1.29, 1.82) is 0 Å². The molecule has 1 aliphatic rings. The maximum Gasteiger partial charge on any atom is 0.282 e. The van der Waals surface area contributed by atoms with Crippen LogP contribution in [0.1, 0.15) is 23.6 Å². The van der Waals surface area contributed by atoms with Crippen LogP contribution >= 0.6 is 0 Å². The number of hydrogen-bond donors (Lipinski definition) is 0. The van der Waals surface area contributed by atoms with E-state index in [-0.39, 0.29) is 11.8 Å². The number of imide groups is 1. The summed E-state index contributed by atoms with van der Waals surface area (Å²) in [6.07, 6.45) is 0. The summed E-state index contributed by atoms with van der Waals surface area (Å²) >= 11 is 0. The van der Waals surface area contributed by atoms with Gasteiger partial charge in [-0.05, 0) is 56.2 Å². The standard InChI is InChI=1S/C27H26N2O3/c1-5-32-23-14-10-9-13-22(23)29-26(30)24(21-16-15-18(2)17-19(21)3)25(27(29)31)28(4)20-11-7-6-8-12-20/h6-17H,5H2,1-4H3. The van der Waals surface area contributed by atoms with Crippen LogP contribution in [0.2, 0.25) is 0 Å². The second-order valence-corrected chi connectivity index (χ2v) is 7.78. The van der Waals surface area contributed by atoms with Crippen LogP contribution in [0.15, 0.2) is 78.5 Å². The van der Waals surface area contributed by atoms with Crippen molar-refractivity contribution < 1.29 is 14.3 Å². The van der Waals surface area contributed by atoms with Gasteiger partial charge in [-0.3, -0.25) is 9.59 Å². The molecule has 1 heterocycles. The van der Waals surface area contributed by atoms with Crippen molar-refractivity contribution >= 4 is 28.8 Å². The number of aryl methyl sites for hydroxylation is 2. The minimum atomic E-state index is -0.372. The van der Waals surface area contributed by atoms with Gasteiger partial charge in [0, 0.05) is 12.7 Å². The van der Waals surface area contributed by atoms with Gasteiger partial charge in [0.2, 0.25) is 0 Å². The molecule has 0 radical (unpaired) electrons. The Hall–Kier alpha value is -3.86. The second kappa shape index (κ2) is 8.71. The molecule has 0 aromatic heterocycles. The zero-order valence-corrected chi connectivity index (χ0v) is 18.8. The van der Waals surface area contributed by atoms with Crippen LogP contribution in [0.4, 0.5) is 11.4 Å². The minimum absolute atomic E-state index is 0.347. The van der Waals surface area contributed by atoms with Crippen molar-refractivity contribution in [3.63, 3.8) is 0 Å². The molecule has 2 amide bonds. The third-order valence-electron chi connectivity index (χ3n) is 5.60. The summed E-state index contributed by atoms with van der Waals surface area (Å²) in [4.78, 5) is 30.6. The van der Waals surface area contributed by atoms with E-state index in [1.165, 1.54) is 4.90 Å². The van der Waals surface area contributed by atoms with E-state index in [1.54, 1.807) is 23.1 Å². The topological polar surface area (TPSA) is 49.9 Å². The van der Waals surface area contributed by atoms with Gasteiger partial charge in [-0.2, -0.15) is 0 Å². The van der Waals surface area contributed by atoms with E-state index < -0.39 is 0 Å². The molecule has 3 aromatic rings. The Morgan fingerprint density at radius 1 is 0.875 bits per heavy atom. The Kier molecular flexibility index (Phi) is 5.82. The average Bonchev–Trinajstić information content (AvgIpc) is 3.04. The van der Waals surface area contributed by atoms with Crippen LogP contribution in [0.25, 0.3) is 5.57 Å². The van der Waals surface area contributed by atoms with Crippen LogP contribution in [-0.2, 0) is 9.59 Å². The number of rotatable bonds is 6. The number of carbonyl (C=O) groups is 2. The Bertz CT molecular complexity index is 1210. The van der Waals surface area contributed by atoms with Gasteiger partial charge in [0.1, 0.15) is 11.4 Å². The molecule has 0 saturated carbocycles. The van der Waals surface area contributed by atoms with Crippen molar-refractivity contribution in [1.82, 2.24) is 0 Å². The first kappa shape index (κ1) is 21.4. The van der Waals surface area contributed by atoms with Crippen LogP contribution in [0.5, 0.6) is 5.75 Å². The van der Waals surface area contributed by atoms with E-state index in [0.29, 0.717) is 29.3 Å². The molecule has 1 aliphatic heterocycles. The highest BCUT2D eigenvalue weighted by molar-refractivity contribution is 6.46. The molecule has 5 nitrogen and oxygen atoms in total. The largest absolute Gasteiger partial charge is 0.492 e. The van der Waals surface area contributed by atoms with Gasteiger partial charge >= 0.3 is 0 Å². The molecule has 0 N–H and O–H groups in total. The average molecular weight is 427 g/mol. The number of amides is 2. The van der Waals surface area contributed by atoms with E-state index in [1.807, 2.05) is 82.4 Å². The molecule has 0 aliphatic carbocycles. The molecule has 0 saturated heterocycles. The molecule has 0 fully saturated rings. The summed E-state index contributed by atoms with van der Waals surface area (Å²) < 4.78 is 5.73. The van der Waals surface area contributed by atoms with E-state index in [9.17, 15) is 9.59 Å². The van der Waals surface area contributed by atoms with Gasteiger partial charge in [-0.1, -0.05) is 54.1 Å². The Labute approximate surface area is 188 Å². The van der Waals surface area contributed by atoms with E-state index in [2.05, 4.69) is 0 Å². The number of anilines is 2. The Morgan fingerprint density at radius 2 is 1.56 bits per heavy atom. The smallest absolute Gasteiger partial charge is 0.282 e. The number of carbonyl (C=O) groups excluding carboxylic acids is 2. The number of likely N-dealkylation sites (N-methyl/N-ethyl adjacent to an activating group) is 1. The molecule has 32 heavy (non-hydrogen) atoms. The highest BCUT2D eigenvalue weighted by atomic mass is 16.5. The molecule has 4 rings (SSSR count). The number of hydrogen-bond acceptors (Lipinski definition) is 4. The van der Waals surface area contributed by atoms with Crippen LogP contribution in [0, 0.1) is 13.8 Å². The fourth-order valence-electron chi connectivity index (χ4n) is 4.09. The third-order valence-corrected chi connectivity index (χ3v) is 5.60. The van der Waals surface area contributed by atoms with Crippen LogP contribution in [-0.4, -0.2) is 25.5 Å². The predicted octanol–water partition coefficient (Wildman–Crippen LogP) is 5.12. The predicted molar refractivity (Wildman–Crippen MR) is 128 cm³/mol. The fraction of sp³-hybridized carbons (Fsp3) is 0.185. The highest BCUT2D eigenvalue weighted by Gasteiger charge is 2.43. The lowest BCUT2D eigenvalue weighted by molar-refractivity contribution is -0.120. The maximum atomic E-state index is 13.8. The lowest BCUT2D eigenvalue weighted by atomic mass is 9.97. The Morgan fingerprint density at radius 3 is 2.25 bits per heavy atom. The quantitative estimate of drug-likeness (QED) is 0.513. The van der Waals surface area contributed by atoms with Crippen molar-refractivity contribution in [3.05, 3.63) is 95.2 Å². The molecule has 0 spiro atoms. The summed E-state index contributed by atoms with van der Waals surface area (Å²) in [6, 6.07) is 22.6. The van der Waals surface area contributed by atoms with E-state index in [0.717, 1.165) is 22.4 Å². The summed E-state index contributed by atoms with van der Waals surface area (Å²) in [5, 5.41) is 0. The molecule has 162 valence electrons. The van der Waals surface area contributed by atoms with Crippen molar-refractivity contribution in [2.75, 3.05) is 23.5 Å². The fourth-order valence-corrected chi connectivity index (χ4v) is 4.09. The third kappa shape index (κ3) is 3.66. The first-order chi connectivity index (χ1) is 15.4. The van der Waals surface area contributed by atoms with Crippen molar-refractivity contribution in [3.8, 4) is 5.75 Å². The monoisotopic (exact) mass is 426 g/mol. The van der Waals surface area contributed by atoms with E-state index in [4.69, 9.17) is 4.74 Å². The first-order valence-corrected chi connectivity index (χ1v) is 10.6. The number of nitrogens with zero attached hydrogens (tertiary/aromatic N) is 2. The van der Waals surface area contributed by atoms with E-state index >= 15 is 0 Å². The molecule has 0 atom stereocenters. The maximum absolute atomic E-state index is 13.8. The first-order valence-electron chi connectivity index (χ1n) is 10.6. The lowest BCUT2D eigenvalue weighted by Gasteiger charge is -2.22. The Balaban J connectivity index is 1.92. The molecule has 3 aromatic carbocycles. The van der Waals surface area contributed by atoms with Gasteiger partial charge in [0.25, 0.3) is 11.8 Å². The SMILES string of the molecule is CCOc1ccccc1N1C(=O)C(c2ccc(C)cc2C)=C(N(C)c2ccccc2)C1=O.